The van der Waals surface area contributed by atoms with Crippen molar-refractivity contribution in [1.29, 1.82) is 0 Å². The fourth-order valence-corrected chi connectivity index (χ4v) is 0.253. The van der Waals surface area contributed by atoms with Crippen LogP contribution in [0.3, 0.4) is 0 Å². The average Bonchev–Trinajstić information content (AvgIpc) is 1.96. The summed E-state index contributed by atoms with van der Waals surface area (Å²) in [6.07, 6.45) is 6.56. The van der Waals surface area contributed by atoms with Crippen LogP contribution in [0, 0.1) is 0 Å². The van der Waals surface area contributed by atoms with Gasteiger partial charge in [-0.1, -0.05) is 0 Å². The maximum Gasteiger partial charge on any atom is 0.0451 e. The second-order valence-electron chi connectivity index (χ2n) is 0.894. The van der Waals surface area contributed by atoms with Crippen molar-refractivity contribution < 1.29 is 10.5 Å². The van der Waals surface area contributed by atoms with E-state index in [0.29, 0.717) is 0 Å². The molecular weight excluding hydrogens is 108 g/mol. The number of aromatic nitrogens is 2. The first-order valence-corrected chi connectivity index (χ1v) is 1.90. The molecule has 1 aromatic rings. The molecule has 0 saturated heterocycles. The third-order valence-electron chi connectivity index (χ3n) is 0.478. The van der Waals surface area contributed by atoms with Crippen molar-refractivity contribution in [3.05, 3.63) is 24.8 Å². The minimum atomic E-state index is 1.64. The molecule has 8 heavy (non-hydrogen) atoms. The molecule has 1 rings (SSSR count). The van der Waals surface area contributed by atoms with Crippen LogP contribution in [0.5, 0.6) is 0 Å². The van der Waals surface area contributed by atoms with E-state index in [-0.39, 0.29) is 0 Å². The van der Waals surface area contributed by atoms with E-state index in [2.05, 4.69) is 9.97 Å². The molecule has 4 heteroatoms. The summed E-state index contributed by atoms with van der Waals surface area (Å²) in [6.45, 7) is 0. The van der Waals surface area contributed by atoms with Gasteiger partial charge in [0.15, 0.2) is 0 Å². The van der Waals surface area contributed by atoms with Crippen LogP contribution in [0.25, 0.3) is 0 Å². The van der Waals surface area contributed by atoms with Crippen LogP contribution in [0.2, 0.25) is 0 Å². The summed E-state index contributed by atoms with van der Waals surface area (Å²) in [7, 11) is 0. The largest absolute Gasteiger partial charge is 0.262 e. The molecule has 0 radical (unpaired) electrons. The van der Waals surface area contributed by atoms with Gasteiger partial charge < -0.3 is 0 Å². The molecule has 0 amide bonds. The predicted molar refractivity (Wildman–Crippen MR) is 27.3 cm³/mol. The average molecular weight is 114 g/mol. The van der Waals surface area contributed by atoms with Crippen molar-refractivity contribution in [2.45, 2.75) is 0 Å². The van der Waals surface area contributed by atoms with E-state index in [4.69, 9.17) is 10.5 Å². The maximum absolute atomic E-state index is 6.00. The van der Waals surface area contributed by atoms with Crippen LogP contribution >= 0.6 is 0 Å². The lowest BCUT2D eigenvalue weighted by atomic mass is 10.8. The van der Waals surface area contributed by atoms with Crippen molar-refractivity contribution >= 4 is 0 Å². The van der Waals surface area contributed by atoms with Crippen molar-refractivity contribution in [3.8, 4) is 0 Å². The van der Waals surface area contributed by atoms with Gasteiger partial charge >= 0.3 is 0 Å². The van der Waals surface area contributed by atoms with E-state index in [1.807, 2.05) is 0 Å². The zero-order chi connectivity index (χ0) is 6.24. The predicted octanol–water partition coefficient (Wildman–Crippen LogP) is 0.494. The molecule has 0 atom stereocenters. The minimum absolute atomic E-state index is 1.64. The van der Waals surface area contributed by atoms with Crippen molar-refractivity contribution in [3.63, 3.8) is 0 Å². The van der Waals surface area contributed by atoms with Crippen LogP contribution in [0.1, 0.15) is 0 Å². The molecule has 1 heterocycles. The second kappa shape index (κ2) is 6.00. The molecule has 0 spiro atoms. The Bertz CT molecular complexity index is 84.0. The molecule has 4 nitrogen and oxygen atoms in total. The third kappa shape index (κ3) is 3.20. The summed E-state index contributed by atoms with van der Waals surface area (Å²) >= 11 is 0. The normalized spacial score (nSPS) is 6.75. The van der Waals surface area contributed by atoms with Crippen LogP contribution in [0.4, 0.5) is 0 Å². The first kappa shape index (κ1) is 7.00. The zero-order valence-corrected chi connectivity index (χ0v) is 4.10. The van der Waals surface area contributed by atoms with Gasteiger partial charge in [-0.05, 0) is 0 Å². The van der Waals surface area contributed by atoms with Gasteiger partial charge in [0.05, 0.1) is 0 Å². The molecule has 0 aliphatic rings. The highest BCUT2D eigenvalue weighted by Gasteiger charge is 1.59. The first-order valence-electron chi connectivity index (χ1n) is 1.90. The van der Waals surface area contributed by atoms with Crippen LogP contribution in [-0.2, 0) is 0 Å². The van der Waals surface area contributed by atoms with E-state index < -0.39 is 0 Å². The Morgan fingerprint density at radius 1 is 0.750 bits per heavy atom. The lowest BCUT2D eigenvalue weighted by Gasteiger charge is -1.70. The minimum Gasteiger partial charge on any atom is -0.262 e. The van der Waals surface area contributed by atoms with Gasteiger partial charge in [-0.3, -0.25) is 20.5 Å². The van der Waals surface area contributed by atoms with Gasteiger partial charge in [0.1, 0.15) is 0 Å². The summed E-state index contributed by atoms with van der Waals surface area (Å²) in [5.41, 5.74) is 0. The van der Waals surface area contributed by atoms with Gasteiger partial charge in [0.2, 0.25) is 0 Å². The van der Waals surface area contributed by atoms with Crippen molar-refractivity contribution in [1.82, 2.24) is 9.97 Å². The monoisotopic (exact) mass is 114 g/mol. The van der Waals surface area contributed by atoms with Crippen LogP contribution in [0.15, 0.2) is 24.8 Å². The van der Waals surface area contributed by atoms with E-state index in [0.717, 1.165) is 0 Å². The summed E-state index contributed by atoms with van der Waals surface area (Å²) in [5, 5.41) is 12.0. The van der Waals surface area contributed by atoms with Crippen molar-refractivity contribution in [2.75, 3.05) is 0 Å². The molecule has 1 aromatic heterocycles. The fourth-order valence-electron chi connectivity index (χ4n) is 0.253. The molecule has 0 unspecified atom stereocenters. The van der Waals surface area contributed by atoms with Gasteiger partial charge in [0.25, 0.3) is 0 Å². The Morgan fingerprint density at radius 3 is 1.12 bits per heavy atom. The number of hydrogen-bond donors (Lipinski definition) is 2. The molecule has 44 valence electrons. The highest BCUT2D eigenvalue weighted by atomic mass is 17.0. The molecule has 2 N–H and O–H groups in total. The smallest absolute Gasteiger partial charge is 0.0451 e. The lowest BCUT2D eigenvalue weighted by Crippen LogP contribution is -1.66. The van der Waals surface area contributed by atoms with E-state index in [1.54, 1.807) is 24.8 Å². The van der Waals surface area contributed by atoms with Gasteiger partial charge in [-0.25, -0.2) is 0 Å². The highest BCUT2D eigenvalue weighted by Crippen LogP contribution is 1.65. The summed E-state index contributed by atoms with van der Waals surface area (Å²) in [5.74, 6) is 0. The molecule has 0 bridgehead atoms. The molecule has 0 aliphatic carbocycles. The van der Waals surface area contributed by atoms with Gasteiger partial charge in [0, 0.05) is 24.8 Å². The Kier molecular flexibility index (Phi) is 5.25. The molecule has 0 fully saturated rings. The third-order valence-corrected chi connectivity index (χ3v) is 0.478. The Balaban J connectivity index is 0.000000222. The fraction of sp³-hybridized carbons (Fsp3) is 0. The summed E-state index contributed by atoms with van der Waals surface area (Å²) < 4.78 is 0. The molecule has 0 saturated carbocycles. The highest BCUT2D eigenvalue weighted by molar-refractivity contribution is 4.70. The van der Waals surface area contributed by atoms with Gasteiger partial charge in [-0.15, -0.1) is 0 Å². The lowest BCUT2D eigenvalue weighted by molar-refractivity contribution is -0.176. The number of hydrogen-bond acceptors (Lipinski definition) is 4. The summed E-state index contributed by atoms with van der Waals surface area (Å²) in [6, 6.07) is 0. The van der Waals surface area contributed by atoms with Crippen molar-refractivity contribution in [2.24, 2.45) is 0 Å². The topological polar surface area (TPSA) is 66.2 Å². The van der Waals surface area contributed by atoms with Crippen LogP contribution in [-0.4, -0.2) is 20.5 Å². The molecule has 0 aromatic carbocycles. The summed E-state index contributed by atoms with van der Waals surface area (Å²) in [4.78, 5) is 7.44. The maximum atomic E-state index is 6.00. The zero-order valence-electron chi connectivity index (χ0n) is 4.10. The Labute approximate surface area is 46.4 Å². The quantitative estimate of drug-likeness (QED) is 0.380. The van der Waals surface area contributed by atoms with Gasteiger partial charge in [-0.2, -0.15) is 0 Å². The molecule has 0 aliphatic heterocycles. The second-order valence-corrected chi connectivity index (χ2v) is 0.894. The van der Waals surface area contributed by atoms with E-state index in [1.165, 1.54) is 0 Å². The van der Waals surface area contributed by atoms with E-state index >= 15 is 0 Å². The first-order chi connectivity index (χ1) is 4.00. The SMILES string of the molecule is OO.c1cnccn1. The number of nitrogens with zero attached hydrogens (tertiary/aromatic N) is 2. The van der Waals surface area contributed by atoms with Crippen LogP contribution < -0.4 is 0 Å². The molecular formula is C4H6N2O2. The van der Waals surface area contributed by atoms with E-state index in [9.17, 15) is 0 Å². The number of rotatable bonds is 0. The Hall–Kier alpha value is -1.00. The Morgan fingerprint density at radius 2 is 1.00 bits per heavy atom. The standard InChI is InChI=1S/C4H4N2.H2O2/c1-2-6-4-3-5-1;1-2/h1-4H;1-2H.